The van der Waals surface area contributed by atoms with Crippen molar-refractivity contribution in [3.05, 3.63) is 72.2 Å². The molecule has 20 heavy (non-hydrogen) atoms. The van der Waals surface area contributed by atoms with E-state index in [1.165, 1.54) is 12.1 Å². The van der Waals surface area contributed by atoms with Gasteiger partial charge in [-0.15, -0.1) is 0 Å². The second-order valence-electron chi connectivity index (χ2n) is 4.59. The van der Waals surface area contributed by atoms with Crippen LogP contribution in [0.15, 0.2) is 61.1 Å². The Balaban J connectivity index is 1.95. The van der Waals surface area contributed by atoms with E-state index < -0.39 is 11.7 Å². The number of alkyl halides is 3. The first-order valence-corrected chi connectivity index (χ1v) is 6.15. The molecule has 2 aromatic heterocycles. The molecule has 1 aromatic carbocycles. The lowest BCUT2D eigenvalue weighted by molar-refractivity contribution is -0.661. The van der Waals surface area contributed by atoms with Crippen LogP contribution in [-0.2, 0) is 12.7 Å². The molecule has 2 nitrogen and oxygen atoms in total. The fourth-order valence-corrected chi connectivity index (χ4v) is 2.22. The number of pyridine rings is 1. The summed E-state index contributed by atoms with van der Waals surface area (Å²) >= 11 is 0. The molecule has 0 fully saturated rings. The molecule has 2 heterocycles. The van der Waals surface area contributed by atoms with E-state index in [0.717, 1.165) is 11.7 Å². The molecule has 0 bridgehead atoms. The third-order valence-electron chi connectivity index (χ3n) is 3.18. The smallest absolute Gasteiger partial charge is 0.226 e. The van der Waals surface area contributed by atoms with E-state index in [4.69, 9.17) is 0 Å². The largest absolute Gasteiger partial charge is 0.416 e. The normalized spacial score (nSPS) is 11.9. The van der Waals surface area contributed by atoms with Crippen molar-refractivity contribution in [1.29, 1.82) is 0 Å². The van der Waals surface area contributed by atoms with Gasteiger partial charge in [0, 0.05) is 6.07 Å². The third-order valence-corrected chi connectivity index (χ3v) is 3.18. The van der Waals surface area contributed by atoms with Gasteiger partial charge in [-0.05, 0) is 23.8 Å². The molecular weight excluding hydrogens is 265 g/mol. The van der Waals surface area contributed by atoms with Crippen molar-refractivity contribution in [3.63, 3.8) is 0 Å². The number of rotatable bonds is 2. The average Bonchev–Trinajstić information content (AvgIpc) is 2.82. The van der Waals surface area contributed by atoms with Gasteiger partial charge in [0.25, 0.3) is 5.65 Å². The number of nitrogens with zero attached hydrogens (tertiary/aromatic N) is 2. The van der Waals surface area contributed by atoms with Crippen LogP contribution in [0, 0.1) is 0 Å². The van der Waals surface area contributed by atoms with Crippen molar-refractivity contribution in [2.75, 3.05) is 0 Å². The summed E-state index contributed by atoms with van der Waals surface area (Å²) in [6.45, 7) is 0.407. The van der Waals surface area contributed by atoms with E-state index in [9.17, 15) is 13.2 Å². The first kappa shape index (κ1) is 12.7. The maximum absolute atomic E-state index is 12.7. The summed E-state index contributed by atoms with van der Waals surface area (Å²) in [6.07, 6.45) is 1.33. The number of imidazole rings is 1. The van der Waals surface area contributed by atoms with Crippen LogP contribution >= 0.6 is 0 Å². The van der Waals surface area contributed by atoms with E-state index in [-0.39, 0.29) is 0 Å². The number of hydrogen-bond acceptors (Lipinski definition) is 0. The lowest BCUT2D eigenvalue weighted by Gasteiger charge is -2.07. The minimum atomic E-state index is -4.30. The molecule has 0 radical (unpaired) electrons. The molecule has 0 aliphatic rings. The number of benzene rings is 1. The lowest BCUT2D eigenvalue weighted by atomic mass is 10.1. The number of halogens is 3. The molecule has 0 aliphatic heterocycles. The molecule has 0 spiro atoms. The van der Waals surface area contributed by atoms with E-state index in [2.05, 4.69) is 0 Å². The third kappa shape index (κ3) is 2.39. The molecule has 102 valence electrons. The average molecular weight is 277 g/mol. The molecule has 0 amide bonds. The molecule has 0 atom stereocenters. The van der Waals surface area contributed by atoms with Gasteiger partial charge < -0.3 is 0 Å². The Morgan fingerprint density at radius 1 is 1.00 bits per heavy atom. The van der Waals surface area contributed by atoms with Crippen LogP contribution in [0.1, 0.15) is 11.1 Å². The summed E-state index contributed by atoms with van der Waals surface area (Å²) in [5.74, 6) is 0. The van der Waals surface area contributed by atoms with Gasteiger partial charge in [-0.3, -0.25) is 0 Å². The predicted octanol–water partition coefficient (Wildman–Crippen LogP) is 3.29. The Hall–Kier alpha value is -2.30. The fraction of sp³-hybridized carbons (Fsp3) is 0.133. The first-order chi connectivity index (χ1) is 9.54. The molecule has 3 aromatic rings. The highest BCUT2D eigenvalue weighted by molar-refractivity contribution is 5.31. The Kier molecular flexibility index (Phi) is 2.97. The zero-order valence-corrected chi connectivity index (χ0v) is 10.5. The maximum atomic E-state index is 12.7. The quantitative estimate of drug-likeness (QED) is 0.635. The van der Waals surface area contributed by atoms with E-state index in [0.29, 0.717) is 12.1 Å². The second kappa shape index (κ2) is 4.67. The monoisotopic (exact) mass is 277 g/mol. The predicted molar refractivity (Wildman–Crippen MR) is 68.1 cm³/mol. The number of hydrogen-bond donors (Lipinski definition) is 0. The zero-order chi connectivity index (χ0) is 14.2. The van der Waals surface area contributed by atoms with E-state index >= 15 is 0 Å². The molecule has 0 saturated carbocycles. The van der Waals surface area contributed by atoms with Gasteiger partial charge in [0.05, 0.1) is 11.8 Å². The number of fused-ring (bicyclic) bond motifs is 1. The van der Waals surface area contributed by atoms with Gasteiger partial charge in [0.2, 0.25) is 0 Å². The molecule has 3 rings (SSSR count). The molecule has 0 N–H and O–H groups in total. The molecule has 5 heteroatoms. The highest BCUT2D eigenvalue weighted by atomic mass is 19.4. The van der Waals surface area contributed by atoms with Crippen LogP contribution in [0.4, 0.5) is 13.2 Å². The fourth-order valence-electron chi connectivity index (χ4n) is 2.22. The van der Waals surface area contributed by atoms with Crippen molar-refractivity contribution in [1.82, 2.24) is 4.40 Å². The second-order valence-corrected chi connectivity index (χ2v) is 4.59. The maximum Gasteiger partial charge on any atom is 0.416 e. The van der Waals surface area contributed by atoms with E-state index in [1.54, 1.807) is 6.07 Å². The molecule has 0 saturated heterocycles. The first-order valence-electron chi connectivity index (χ1n) is 6.15. The summed E-state index contributed by atoms with van der Waals surface area (Å²) < 4.78 is 41.9. The summed E-state index contributed by atoms with van der Waals surface area (Å²) in [4.78, 5) is 0. The van der Waals surface area contributed by atoms with Crippen LogP contribution in [-0.4, -0.2) is 4.40 Å². The Bertz CT molecular complexity index is 744. The molecule has 0 unspecified atom stereocenters. The van der Waals surface area contributed by atoms with Crippen molar-refractivity contribution in [2.45, 2.75) is 12.7 Å². The van der Waals surface area contributed by atoms with Crippen LogP contribution in [0.25, 0.3) is 5.65 Å². The van der Waals surface area contributed by atoms with Gasteiger partial charge in [-0.1, -0.05) is 18.2 Å². The minimum absolute atomic E-state index is 0.407. The highest BCUT2D eigenvalue weighted by Crippen LogP contribution is 2.29. The highest BCUT2D eigenvalue weighted by Gasteiger charge is 2.30. The van der Waals surface area contributed by atoms with Gasteiger partial charge in [0.1, 0.15) is 18.9 Å². The standard InChI is InChI=1S/C15H12F3N2/c16-15(17,18)13-5-3-4-12(10-13)11-20-9-8-19-7-2-1-6-14(19)20/h1-10H,11H2/q+1. The topological polar surface area (TPSA) is 8.29 Å². The van der Waals surface area contributed by atoms with Crippen LogP contribution in [0.3, 0.4) is 0 Å². The van der Waals surface area contributed by atoms with Crippen molar-refractivity contribution in [2.24, 2.45) is 0 Å². The van der Waals surface area contributed by atoms with Gasteiger partial charge >= 0.3 is 6.18 Å². The van der Waals surface area contributed by atoms with Crippen molar-refractivity contribution in [3.8, 4) is 0 Å². The summed E-state index contributed by atoms with van der Waals surface area (Å²) in [7, 11) is 0. The Morgan fingerprint density at radius 3 is 2.65 bits per heavy atom. The van der Waals surface area contributed by atoms with Crippen molar-refractivity contribution >= 4 is 5.65 Å². The zero-order valence-electron chi connectivity index (χ0n) is 10.5. The Labute approximate surface area is 113 Å². The SMILES string of the molecule is FC(F)(F)c1cccc(C[n+]2ccn3ccccc32)c1. The Morgan fingerprint density at radius 2 is 1.85 bits per heavy atom. The lowest BCUT2D eigenvalue weighted by Crippen LogP contribution is -2.32. The molecule has 0 aliphatic carbocycles. The van der Waals surface area contributed by atoms with E-state index in [1.807, 2.05) is 45.8 Å². The molecular formula is C15H12F3N2+. The van der Waals surface area contributed by atoms with Crippen LogP contribution in [0.2, 0.25) is 0 Å². The summed E-state index contributed by atoms with van der Waals surface area (Å²) in [5.41, 5.74) is 0.950. The van der Waals surface area contributed by atoms with Crippen molar-refractivity contribution < 1.29 is 17.7 Å². The number of aromatic nitrogens is 2. The van der Waals surface area contributed by atoms with Gasteiger partial charge in [0.15, 0.2) is 0 Å². The van der Waals surface area contributed by atoms with Gasteiger partial charge in [-0.2, -0.15) is 13.2 Å². The van der Waals surface area contributed by atoms with Crippen LogP contribution < -0.4 is 4.57 Å². The summed E-state index contributed by atoms with van der Waals surface area (Å²) in [6, 6.07) is 11.2. The minimum Gasteiger partial charge on any atom is -0.226 e. The van der Waals surface area contributed by atoms with Gasteiger partial charge in [-0.25, -0.2) is 8.97 Å². The summed E-state index contributed by atoms with van der Waals surface area (Å²) in [5, 5.41) is 0. The van der Waals surface area contributed by atoms with Crippen LogP contribution in [0.5, 0.6) is 0 Å².